The van der Waals surface area contributed by atoms with Crippen LogP contribution < -0.4 is 10.3 Å². The molecular weight excluding hydrogens is 440 g/mol. The predicted octanol–water partition coefficient (Wildman–Crippen LogP) is 4.27. The Morgan fingerprint density at radius 3 is 2.69 bits per heavy atom. The molecule has 5 rings (SSSR count). The van der Waals surface area contributed by atoms with Crippen molar-refractivity contribution in [1.29, 1.82) is 0 Å². The molecule has 2 aromatic heterocycles. The maximum atomic E-state index is 13.0. The van der Waals surface area contributed by atoms with Gasteiger partial charge in [-0.25, -0.2) is 4.68 Å². The summed E-state index contributed by atoms with van der Waals surface area (Å²) in [5, 5.41) is 13.7. The van der Waals surface area contributed by atoms with E-state index in [1.807, 2.05) is 35.0 Å². The minimum atomic E-state index is -0.0701. The minimum Gasteiger partial charge on any atom is -0.497 e. The summed E-state index contributed by atoms with van der Waals surface area (Å²) in [7, 11) is 1.65. The van der Waals surface area contributed by atoms with E-state index in [1.54, 1.807) is 7.11 Å². The number of nitrogens with one attached hydrogen (secondary N) is 1. The largest absolute Gasteiger partial charge is 0.497 e. The van der Waals surface area contributed by atoms with Gasteiger partial charge in [0.1, 0.15) is 5.75 Å². The van der Waals surface area contributed by atoms with Crippen LogP contribution in [0.25, 0.3) is 10.9 Å². The van der Waals surface area contributed by atoms with E-state index < -0.39 is 0 Å². The molecule has 0 unspecified atom stereocenters. The fraction of sp³-hybridized carbons (Fsp3) is 0.407. The zero-order chi connectivity index (χ0) is 24.0. The molecule has 0 spiro atoms. The summed E-state index contributed by atoms with van der Waals surface area (Å²) in [6, 6.07) is 18.4. The number of aromatic nitrogens is 5. The quantitative estimate of drug-likeness (QED) is 0.391. The molecule has 8 nitrogen and oxygen atoms in total. The van der Waals surface area contributed by atoms with Crippen molar-refractivity contribution in [3.63, 3.8) is 0 Å². The molecule has 0 bridgehead atoms. The minimum absolute atomic E-state index is 0.0701. The number of H-pyrrole nitrogens is 1. The number of hydrogen-bond acceptors (Lipinski definition) is 6. The van der Waals surface area contributed by atoms with Gasteiger partial charge in [0, 0.05) is 29.6 Å². The number of rotatable bonds is 9. The SMILES string of the molecule is COc1ccc2[nH]c(=O)c(CN(CCc3ccccc3)Cc3nnnn3C3CCCCC3)cc2c1. The molecule has 1 aliphatic carbocycles. The van der Waals surface area contributed by atoms with Gasteiger partial charge in [0.25, 0.3) is 5.56 Å². The third-order valence-corrected chi connectivity index (χ3v) is 6.93. The predicted molar refractivity (Wildman–Crippen MR) is 135 cm³/mol. The van der Waals surface area contributed by atoms with Crippen LogP contribution in [0, 0.1) is 0 Å². The Morgan fingerprint density at radius 1 is 1.06 bits per heavy atom. The molecule has 1 aliphatic rings. The lowest BCUT2D eigenvalue weighted by molar-refractivity contribution is 0.235. The molecule has 182 valence electrons. The fourth-order valence-electron chi connectivity index (χ4n) is 4.99. The second-order valence-corrected chi connectivity index (χ2v) is 9.35. The van der Waals surface area contributed by atoms with E-state index in [0.29, 0.717) is 19.1 Å². The Bertz CT molecular complexity index is 1310. The third-order valence-electron chi connectivity index (χ3n) is 6.93. The van der Waals surface area contributed by atoms with E-state index in [2.05, 4.69) is 49.7 Å². The summed E-state index contributed by atoms with van der Waals surface area (Å²) in [5.74, 6) is 1.63. The molecule has 0 aliphatic heterocycles. The molecule has 35 heavy (non-hydrogen) atoms. The number of benzene rings is 2. The Hall–Kier alpha value is -3.52. The second kappa shape index (κ2) is 10.8. The van der Waals surface area contributed by atoms with Gasteiger partial charge in [-0.2, -0.15) is 0 Å². The molecule has 0 atom stereocenters. The van der Waals surface area contributed by atoms with E-state index in [1.165, 1.54) is 24.8 Å². The summed E-state index contributed by atoms with van der Waals surface area (Å²) in [6.07, 6.45) is 6.84. The molecule has 1 fully saturated rings. The van der Waals surface area contributed by atoms with Crippen LogP contribution in [0.3, 0.4) is 0 Å². The zero-order valence-electron chi connectivity index (χ0n) is 20.2. The van der Waals surface area contributed by atoms with Gasteiger partial charge in [0.05, 0.1) is 19.7 Å². The van der Waals surface area contributed by atoms with Crippen molar-refractivity contribution in [1.82, 2.24) is 30.1 Å². The van der Waals surface area contributed by atoms with Gasteiger partial charge in [-0.3, -0.25) is 9.69 Å². The van der Waals surface area contributed by atoms with Crippen molar-refractivity contribution in [3.05, 3.63) is 81.9 Å². The van der Waals surface area contributed by atoms with Gasteiger partial charge in [0.2, 0.25) is 0 Å². The van der Waals surface area contributed by atoms with Gasteiger partial charge in [-0.15, -0.1) is 5.10 Å². The van der Waals surface area contributed by atoms with Crippen molar-refractivity contribution in [2.45, 2.75) is 57.7 Å². The Kier molecular flexibility index (Phi) is 7.18. The van der Waals surface area contributed by atoms with Crippen LogP contribution in [0.4, 0.5) is 0 Å². The third kappa shape index (κ3) is 5.59. The molecule has 0 radical (unpaired) electrons. The van der Waals surface area contributed by atoms with Crippen LogP contribution in [-0.4, -0.2) is 43.7 Å². The first-order valence-electron chi connectivity index (χ1n) is 12.4. The summed E-state index contributed by atoms with van der Waals surface area (Å²) in [4.78, 5) is 18.3. The Balaban J connectivity index is 1.41. The summed E-state index contributed by atoms with van der Waals surface area (Å²) < 4.78 is 7.39. The first-order valence-corrected chi connectivity index (χ1v) is 12.4. The number of fused-ring (bicyclic) bond motifs is 1. The molecule has 8 heteroatoms. The molecular formula is C27H32N6O2. The van der Waals surface area contributed by atoms with Gasteiger partial charge in [0.15, 0.2) is 5.82 Å². The Morgan fingerprint density at radius 2 is 1.89 bits per heavy atom. The zero-order valence-corrected chi connectivity index (χ0v) is 20.2. The van der Waals surface area contributed by atoms with Crippen LogP contribution in [0.15, 0.2) is 59.4 Å². The summed E-state index contributed by atoms with van der Waals surface area (Å²) in [6.45, 7) is 1.88. The van der Waals surface area contributed by atoms with Gasteiger partial charge in [-0.05, 0) is 59.5 Å². The van der Waals surface area contributed by atoms with Crippen molar-refractivity contribution >= 4 is 10.9 Å². The first-order chi connectivity index (χ1) is 17.2. The number of hydrogen-bond donors (Lipinski definition) is 1. The smallest absolute Gasteiger partial charge is 0.252 e. The van der Waals surface area contributed by atoms with Crippen LogP contribution in [0.1, 0.15) is 55.1 Å². The van der Waals surface area contributed by atoms with Crippen LogP contribution in [0.5, 0.6) is 5.75 Å². The summed E-state index contributed by atoms with van der Waals surface area (Å²) in [5.41, 5.74) is 2.72. The van der Waals surface area contributed by atoms with E-state index >= 15 is 0 Å². The van der Waals surface area contributed by atoms with E-state index in [4.69, 9.17) is 4.74 Å². The average Bonchev–Trinajstić information content (AvgIpc) is 3.36. The van der Waals surface area contributed by atoms with Crippen LogP contribution >= 0.6 is 0 Å². The van der Waals surface area contributed by atoms with Gasteiger partial charge in [-0.1, -0.05) is 49.6 Å². The van der Waals surface area contributed by atoms with Crippen LogP contribution in [0.2, 0.25) is 0 Å². The monoisotopic (exact) mass is 472 g/mol. The maximum absolute atomic E-state index is 13.0. The van der Waals surface area contributed by atoms with E-state index in [9.17, 15) is 4.79 Å². The molecule has 1 saturated carbocycles. The topological polar surface area (TPSA) is 88.9 Å². The molecule has 0 amide bonds. The van der Waals surface area contributed by atoms with Crippen molar-refractivity contribution in [2.75, 3.05) is 13.7 Å². The number of tetrazole rings is 1. The molecule has 2 heterocycles. The van der Waals surface area contributed by atoms with Crippen LogP contribution in [-0.2, 0) is 19.5 Å². The number of pyridine rings is 1. The first kappa shape index (κ1) is 23.2. The lowest BCUT2D eigenvalue weighted by Gasteiger charge is -2.25. The number of aromatic amines is 1. The number of nitrogens with zero attached hydrogens (tertiary/aromatic N) is 5. The lowest BCUT2D eigenvalue weighted by atomic mass is 9.95. The van der Waals surface area contributed by atoms with Gasteiger partial charge < -0.3 is 9.72 Å². The highest BCUT2D eigenvalue weighted by atomic mass is 16.5. The van der Waals surface area contributed by atoms with E-state index in [-0.39, 0.29) is 5.56 Å². The molecule has 0 saturated heterocycles. The summed E-state index contributed by atoms with van der Waals surface area (Å²) >= 11 is 0. The second-order valence-electron chi connectivity index (χ2n) is 9.35. The van der Waals surface area contributed by atoms with Crippen molar-refractivity contribution < 1.29 is 4.74 Å². The average molecular weight is 473 g/mol. The Labute approximate surface area is 204 Å². The molecule has 1 N–H and O–H groups in total. The normalized spacial score (nSPS) is 14.6. The van der Waals surface area contributed by atoms with E-state index in [0.717, 1.165) is 53.8 Å². The fourth-order valence-corrected chi connectivity index (χ4v) is 4.99. The molecule has 4 aromatic rings. The highest BCUT2D eigenvalue weighted by Gasteiger charge is 2.22. The molecule has 2 aromatic carbocycles. The number of ether oxygens (including phenoxy) is 1. The lowest BCUT2D eigenvalue weighted by Crippen LogP contribution is -2.30. The maximum Gasteiger partial charge on any atom is 0.252 e. The highest BCUT2D eigenvalue weighted by Crippen LogP contribution is 2.28. The van der Waals surface area contributed by atoms with Crippen molar-refractivity contribution in [3.8, 4) is 5.75 Å². The van der Waals surface area contributed by atoms with Crippen molar-refractivity contribution in [2.24, 2.45) is 0 Å². The van der Waals surface area contributed by atoms with Gasteiger partial charge >= 0.3 is 0 Å². The number of methoxy groups -OCH3 is 1. The standard InChI is InChI=1S/C27H32N6O2/c1-35-24-12-13-25-21(17-24)16-22(27(34)28-25)18-32(15-14-20-8-4-2-5-9-20)19-26-29-30-31-33(26)23-10-6-3-7-11-23/h2,4-5,8-9,12-13,16-17,23H,3,6-7,10-11,14-15,18-19H2,1H3,(H,28,34). The highest BCUT2D eigenvalue weighted by molar-refractivity contribution is 5.80.